The minimum Gasteiger partial charge on any atom is -0.326 e. The van der Waals surface area contributed by atoms with Gasteiger partial charge in [0.25, 0.3) is 0 Å². The molecule has 0 heterocycles. The van der Waals surface area contributed by atoms with Crippen LogP contribution in [-0.2, 0) is 0 Å². The van der Waals surface area contributed by atoms with Crippen LogP contribution in [0.5, 0.6) is 0 Å². The van der Waals surface area contributed by atoms with Gasteiger partial charge in [-0.1, -0.05) is 20.3 Å². The predicted molar refractivity (Wildman–Crippen MR) is 42.3 cm³/mol. The van der Waals surface area contributed by atoms with Crippen molar-refractivity contribution in [3.63, 3.8) is 0 Å². The van der Waals surface area contributed by atoms with E-state index in [1.165, 1.54) is 6.42 Å². The Labute approximate surface area is 58.6 Å². The Kier molecular flexibility index (Phi) is 3.20. The Morgan fingerprint density at radius 2 is 1.89 bits per heavy atom. The van der Waals surface area contributed by atoms with Gasteiger partial charge < -0.3 is 5.73 Å². The number of hydrogen-bond acceptors (Lipinski definition) is 1. The Bertz CT molecular complexity index is 71.1. The van der Waals surface area contributed by atoms with Crippen molar-refractivity contribution in [1.82, 2.24) is 0 Å². The van der Waals surface area contributed by atoms with Crippen LogP contribution in [0.15, 0.2) is 0 Å². The maximum Gasteiger partial charge on any atom is 0.00995 e. The molecular formula is C8H19N. The van der Waals surface area contributed by atoms with Crippen molar-refractivity contribution in [2.75, 3.05) is 0 Å². The molecule has 0 aliphatic rings. The molecule has 1 nitrogen and oxygen atoms in total. The molecule has 0 spiro atoms. The lowest BCUT2D eigenvalue weighted by atomic mass is 9.91. The summed E-state index contributed by atoms with van der Waals surface area (Å²) < 4.78 is 0. The third kappa shape index (κ3) is 5.84. The molecule has 9 heavy (non-hydrogen) atoms. The molecule has 0 saturated carbocycles. The maximum absolute atomic E-state index is 5.81. The van der Waals surface area contributed by atoms with Gasteiger partial charge in [0.05, 0.1) is 0 Å². The summed E-state index contributed by atoms with van der Waals surface area (Å²) in [4.78, 5) is 0. The van der Waals surface area contributed by atoms with Gasteiger partial charge in [0.15, 0.2) is 0 Å². The summed E-state index contributed by atoms with van der Waals surface area (Å²) in [6.45, 7) is 8.61. The zero-order valence-electron chi connectivity index (χ0n) is 7.07. The molecule has 0 bridgehead atoms. The maximum atomic E-state index is 5.81. The second kappa shape index (κ2) is 3.21. The van der Waals surface area contributed by atoms with Crippen LogP contribution in [0.2, 0.25) is 0 Å². The van der Waals surface area contributed by atoms with Gasteiger partial charge in [-0.25, -0.2) is 0 Å². The molecule has 0 aliphatic heterocycles. The summed E-state index contributed by atoms with van der Waals surface area (Å²) in [6, 6.07) is 0. The van der Waals surface area contributed by atoms with Crippen molar-refractivity contribution in [2.45, 2.75) is 46.1 Å². The second-order valence-electron chi connectivity index (χ2n) is 3.71. The molecule has 0 rings (SSSR count). The Hall–Kier alpha value is -0.0400. The van der Waals surface area contributed by atoms with Gasteiger partial charge in [0.2, 0.25) is 0 Å². The van der Waals surface area contributed by atoms with Crippen LogP contribution < -0.4 is 5.73 Å². The zero-order chi connectivity index (χ0) is 7.49. The van der Waals surface area contributed by atoms with E-state index < -0.39 is 0 Å². The topological polar surface area (TPSA) is 26.0 Å². The summed E-state index contributed by atoms with van der Waals surface area (Å²) in [5, 5.41) is 0. The van der Waals surface area contributed by atoms with Crippen molar-refractivity contribution in [3.05, 3.63) is 0 Å². The van der Waals surface area contributed by atoms with Gasteiger partial charge in [-0.2, -0.15) is 0 Å². The van der Waals surface area contributed by atoms with E-state index in [2.05, 4.69) is 27.7 Å². The first-order valence-corrected chi connectivity index (χ1v) is 3.74. The third-order valence-electron chi connectivity index (χ3n) is 1.57. The molecule has 1 unspecified atom stereocenters. The molecule has 0 radical (unpaired) electrons. The van der Waals surface area contributed by atoms with Crippen LogP contribution in [0, 0.1) is 5.92 Å². The van der Waals surface area contributed by atoms with Crippen molar-refractivity contribution < 1.29 is 0 Å². The molecule has 2 N–H and O–H groups in total. The lowest BCUT2D eigenvalue weighted by molar-refractivity contribution is 0.373. The smallest absolute Gasteiger partial charge is 0.00995 e. The van der Waals surface area contributed by atoms with E-state index in [9.17, 15) is 0 Å². The summed E-state index contributed by atoms with van der Waals surface area (Å²) in [5.41, 5.74) is 5.84. The van der Waals surface area contributed by atoms with Crippen LogP contribution in [0.4, 0.5) is 0 Å². The SMILES string of the molecule is CCC(C)CC(C)(C)N. The van der Waals surface area contributed by atoms with Crippen LogP contribution in [-0.4, -0.2) is 5.54 Å². The fourth-order valence-corrected chi connectivity index (χ4v) is 1.04. The van der Waals surface area contributed by atoms with Crippen molar-refractivity contribution in [2.24, 2.45) is 11.7 Å². The standard InChI is InChI=1S/C8H19N/c1-5-7(2)6-8(3,4)9/h7H,5-6,9H2,1-4H3. The van der Waals surface area contributed by atoms with Crippen molar-refractivity contribution in [1.29, 1.82) is 0 Å². The Morgan fingerprint density at radius 1 is 1.44 bits per heavy atom. The average molecular weight is 129 g/mol. The van der Waals surface area contributed by atoms with Crippen LogP contribution >= 0.6 is 0 Å². The number of rotatable bonds is 3. The lowest BCUT2D eigenvalue weighted by Gasteiger charge is -2.21. The van der Waals surface area contributed by atoms with E-state index in [0.717, 1.165) is 12.3 Å². The number of hydrogen-bond donors (Lipinski definition) is 1. The molecule has 1 heteroatoms. The lowest BCUT2D eigenvalue weighted by Crippen LogP contribution is -2.33. The van der Waals surface area contributed by atoms with Crippen molar-refractivity contribution >= 4 is 0 Å². The first-order chi connectivity index (χ1) is 3.95. The van der Waals surface area contributed by atoms with E-state index >= 15 is 0 Å². The van der Waals surface area contributed by atoms with Crippen LogP contribution in [0.25, 0.3) is 0 Å². The quantitative estimate of drug-likeness (QED) is 0.621. The van der Waals surface area contributed by atoms with Gasteiger partial charge in [-0.3, -0.25) is 0 Å². The molecule has 0 aromatic heterocycles. The largest absolute Gasteiger partial charge is 0.326 e. The van der Waals surface area contributed by atoms with Gasteiger partial charge in [-0.05, 0) is 26.2 Å². The first-order valence-electron chi connectivity index (χ1n) is 3.74. The van der Waals surface area contributed by atoms with Gasteiger partial charge in [0.1, 0.15) is 0 Å². The predicted octanol–water partition coefficient (Wildman–Crippen LogP) is 2.16. The Balaban J connectivity index is 3.47. The van der Waals surface area contributed by atoms with Gasteiger partial charge in [0, 0.05) is 5.54 Å². The zero-order valence-corrected chi connectivity index (χ0v) is 7.07. The highest BCUT2D eigenvalue weighted by Gasteiger charge is 2.13. The molecule has 0 aromatic carbocycles. The van der Waals surface area contributed by atoms with E-state index in [4.69, 9.17) is 5.73 Å². The van der Waals surface area contributed by atoms with E-state index in [0.29, 0.717) is 0 Å². The normalized spacial score (nSPS) is 15.7. The molecule has 0 amide bonds. The van der Waals surface area contributed by atoms with E-state index in [1.54, 1.807) is 0 Å². The minimum atomic E-state index is 0.0232. The Morgan fingerprint density at radius 3 is 2.00 bits per heavy atom. The van der Waals surface area contributed by atoms with Crippen LogP contribution in [0.1, 0.15) is 40.5 Å². The molecular weight excluding hydrogens is 110 g/mol. The van der Waals surface area contributed by atoms with Crippen molar-refractivity contribution in [3.8, 4) is 0 Å². The second-order valence-corrected chi connectivity index (χ2v) is 3.71. The molecule has 0 saturated heterocycles. The first kappa shape index (κ1) is 8.96. The molecule has 1 atom stereocenters. The number of nitrogens with two attached hydrogens (primary N) is 1. The molecule has 0 fully saturated rings. The van der Waals surface area contributed by atoms with E-state index in [1.807, 2.05) is 0 Å². The average Bonchev–Trinajstić information content (AvgIpc) is 1.62. The fraction of sp³-hybridized carbons (Fsp3) is 1.00. The highest BCUT2D eigenvalue weighted by molar-refractivity contribution is 4.73. The third-order valence-corrected chi connectivity index (χ3v) is 1.57. The fourth-order valence-electron chi connectivity index (χ4n) is 1.04. The molecule has 56 valence electrons. The highest BCUT2D eigenvalue weighted by atomic mass is 14.7. The highest BCUT2D eigenvalue weighted by Crippen LogP contribution is 2.15. The van der Waals surface area contributed by atoms with Gasteiger partial charge >= 0.3 is 0 Å². The monoisotopic (exact) mass is 129 g/mol. The molecule has 0 aromatic rings. The minimum absolute atomic E-state index is 0.0232. The summed E-state index contributed by atoms with van der Waals surface area (Å²) in [7, 11) is 0. The van der Waals surface area contributed by atoms with E-state index in [-0.39, 0.29) is 5.54 Å². The molecule has 0 aliphatic carbocycles. The summed E-state index contributed by atoms with van der Waals surface area (Å²) >= 11 is 0. The summed E-state index contributed by atoms with van der Waals surface area (Å²) in [6.07, 6.45) is 2.37. The van der Waals surface area contributed by atoms with Crippen LogP contribution in [0.3, 0.4) is 0 Å². The summed E-state index contributed by atoms with van der Waals surface area (Å²) in [5.74, 6) is 0.769. The van der Waals surface area contributed by atoms with Gasteiger partial charge in [-0.15, -0.1) is 0 Å².